The lowest BCUT2D eigenvalue weighted by Crippen LogP contribution is -2.14. The van der Waals surface area contributed by atoms with Crippen molar-refractivity contribution in [3.8, 4) is 0 Å². The summed E-state index contributed by atoms with van der Waals surface area (Å²) in [6, 6.07) is 13.3. The van der Waals surface area contributed by atoms with Crippen molar-refractivity contribution in [2.24, 2.45) is 0 Å². The number of rotatable bonds is 5. The molecule has 7 nitrogen and oxygen atoms in total. The second-order valence-electron chi connectivity index (χ2n) is 5.63. The van der Waals surface area contributed by atoms with Crippen LogP contribution in [0, 0.1) is 0 Å². The van der Waals surface area contributed by atoms with Crippen LogP contribution in [0.2, 0.25) is 0 Å². The molecule has 0 unspecified atom stereocenters. The van der Waals surface area contributed by atoms with Gasteiger partial charge in [0.25, 0.3) is 5.91 Å². The molecular formula is C18H16N6O. The molecule has 0 radical (unpaired) electrons. The first kappa shape index (κ1) is 15.1. The Hall–Kier alpha value is -3.48. The van der Waals surface area contributed by atoms with Crippen LogP contribution in [0.25, 0.3) is 10.9 Å². The normalized spacial score (nSPS) is 10.9. The van der Waals surface area contributed by atoms with Gasteiger partial charge in [-0.2, -0.15) is 4.98 Å². The van der Waals surface area contributed by atoms with Gasteiger partial charge in [-0.25, -0.2) is 0 Å². The number of nitrogens with zero attached hydrogens (tertiary/aromatic N) is 3. The highest BCUT2D eigenvalue weighted by Crippen LogP contribution is 2.19. The number of carbonyl (C=O) groups is 1. The molecule has 0 aliphatic heterocycles. The SMILES string of the molecule is O=C(Nc1n[nH]c(CCc2c[nH]c3ccccc23)n1)c1ccccn1. The number of benzene rings is 1. The smallest absolute Gasteiger partial charge is 0.276 e. The Kier molecular flexibility index (Phi) is 3.96. The molecule has 4 rings (SSSR count). The third kappa shape index (κ3) is 3.25. The Balaban J connectivity index is 1.41. The van der Waals surface area contributed by atoms with E-state index in [9.17, 15) is 4.79 Å². The summed E-state index contributed by atoms with van der Waals surface area (Å²) in [4.78, 5) is 23.6. The van der Waals surface area contributed by atoms with E-state index in [1.54, 1.807) is 24.4 Å². The monoisotopic (exact) mass is 332 g/mol. The number of amides is 1. The highest BCUT2D eigenvalue weighted by Gasteiger charge is 2.11. The summed E-state index contributed by atoms with van der Waals surface area (Å²) in [5.74, 6) is 0.647. The summed E-state index contributed by atoms with van der Waals surface area (Å²) in [6.07, 6.45) is 5.12. The minimum Gasteiger partial charge on any atom is -0.361 e. The number of hydrogen-bond acceptors (Lipinski definition) is 4. The first-order valence-electron chi connectivity index (χ1n) is 7.98. The molecule has 3 heterocycles. The van der Waals surface area contributed by atoms with Crippen molar-refractivity contribution < 1.29 is 4.79 Å². The van der Waals surface area contributed by atoms with Crippen LogP contribution >= 0.6 is 0 Å². The Bertz CT molecular complexity index is 1000. The maximum atomic E-state index is 12.0. The molecule has 7 heteroatoms. The average molecular weight is 332 g/mol. The summed E-state index contributed by atoms with van der Waals surface area (Å²) in [6.45, 7) is 0. The molecule has 4 aromatic rings. The highest BCUT2D eigenvalue weighted by molar-refractivity contribution is 6.01. The molecule has 0 bridgehead atoms. The van der Waals surface area contributed by atoms with E-state index in [0.717, 1.165) is 17.8 Å². The molecule has 0 aliphatic carbocycles. The topological polar surface area (TPSA) is 99.3 Å². The van der Waals surface area contributed by atoms with Crippen LogP contribution < -0.4 is 5.32 Å². The first-order valence-corrected chi connectivity index (χ1v) is 7.98. The third-order valence-electron chi connectivity index (χ3n) is 3.96. The number of anilines is 1. The van der Waals surface area contributed by atoms with Crippen molar-refractivity contribution in [2.45, 2.75) is 12.8 Å². The largest absolute Gasteiger partial charge is 0.361 e. The number of fused-ring (bicyclic) bond motifs is 1. The van der Waals surface area contributed by atoms with Gasteiger partial charge in [0.15, 0.2) is 0 Å². The zero-order valence-corrected chi connectivity index (χ0v) is 13.4. The Morgan fingerprint density at radius 2 is 1.96 bits per heavy atom. The minimum atomic E-state index is -0.331. The molecule has 0 saturated heterocycles. The van der Waals surface area contributed by atoms with Gasteiger partial charge in [0.1, 0.15) is 11.5 Å². The lowest BCUT2D eigenvalue weighted by atomic mass is 10.1. The van der Waals surface area contributed by atoms with Crippen LogP contribution in [0.5, 0.6) is 0 Å². The Labute approximate surface area is 143 Å². The van der Waals surface area contributed by atoms with Gasteiger partial charge < -0.3 is 4.98 Å². The van der Waals surface area contributed by atoms with Gasteiger partial charge in [-0.05, 0) is 30.2 Å². The van der Waals surface area contributed by atoms with Crippen molar-refractivity contribution >= 4 is 22.8 Å². The lowest BCUT2D eigenvalue weighted by Gasteiger charge is -1.99. The van der Waals surface area contributed by atoms with Gasteiger partial charge in [0.2, 0.25) is 5.95 Å². The maximum Gasteiger partial charge on any atom is 0.276 e. The van der Waals surface area contributed by atoms with Crippen LogP contribution in [0.1, 0.15) is 21.9 Å². The van der Waals surface area contributed by atoms with E-state index in [1.807, 2.05) is 18.3 Å². The molecule has 0 aliphatic rings. The van der Waals surface area contributed by atoms with E-state index in [0.29, 0.717) is 12.1 Å². The molecular weight excluding hydrogens is 316 g/mol. The van der Waals surface area contributed by atoms with Crippen LogP contribution in [0.3, 0.4) is 0 Å². The number of pyridine rings is 1. The van der Waals surface area contributed by atoms with E-state index in [1.165, 1.54) is 10.9 Å². The van der Waals surface area contributed by atoms with Crippen LogP contribution in [0.4, 0.5) is 5.95 Å². The van der Waals surface area contributed by atoms with E-state index in [2.05, 4.69) is 42.6 Å². The number of aromatic amines is 2. The van der Waals surface area contributed by atoms with Crippen LogP contribution in [-0.4, -0.2) is 31.1 Å². The number of para-hydroxylation sites is 1. The van der Waals surface area contributed by atoms with Crippen molar-refractivity contribution in [3.05, 3.63) is 71.9 Å². The molecule has 1 amide bonds. The molecule has 0 fully saturated rings. The molecule has 25 heavy (non-hydrogen) atoms. The third-order valence-corrected chi connectivity index (χ3v) is 3.96. The van der Waals surface area contributed by atoms with Crippen molar-refractivity contribution in [3.63, 3.8) is 0 Å². The molecule has 3 aromatic heterocycles. The summed E-state index contributed by atoms with van der Waals surface area (Å²) in [5, 5.41) is 10.8. The quantitative estimate of drug-likeness (QED) is 0.523. The first-order chi connectivity index (χ1) is 12.3. The predicted octanol–water partition coefficient (Wildman–Crippen LogP) is 2.72. The maximum absolute atomic E-state index is 12.0. The Morgan fingerprint density at radius 3 is 2.84 bits per heavy atom. The van der Waals surface area contributed by atoms with Crippen molar-refractivity contribution in [1.29, 1.82) is 0 Å². The fourth-order valence-corrected chi connectivity index (χ4v) is 2.72. The molecule has 0 spiro atoms. The van der Waals surface area contributed by atoms with Gasteiger partial charge in [-0.3, -0.25) is 20.2 Å². The van der Waals surface area contributed by atoms with Gasteiger partial charge >= 0.3 is 0 Å². The fourth-order valence-electron chi connectivity index (χ4n) is 2.72. The van der Waals surface area contributed by atoms with Gasteiger partial charge in [0.05, 0.1) is 0 Å². The number of hydrogen-bond donors (Lipinski definition) is 3. The summed E-state index contributed by atoms with van der Waals surface area (Å²) < 4.78 is 0. The van der Waals surface area contributed by atoms with Gasteiger partial charge in [0, 0.05) is 29.7 Å². The van der Waals surface area contributed by atoms with Crippen molar-refractivity contribution in [2.75, 3.05) is 5.32 Å². The van der Waals surface area contributed by atoms with Crippen LogP contribution in [0.15, 0.2) is 54.9 Å². The Morgan fingerprint density at radius 1 is 1.08 bits per heavy atom. The zero-order chi connectivity index (χ0) is 17.1. The number of nitrogens with one attached hydrogen (secondary N) is 3. The molecule has 3 N–H and O–H groups in total. The standard InChI is InChI=1S/C18H16N6O/c25-17(15-7-3-4-10-19-15)22-18-21-16(23-24-18)9-8-12-11-20-14-6-2-1-5-13(12)14/h1-7,10-11,20H,8-9H2,(H2,21,22,23,24,25). The summed E-state index contributed by atoms with van der Waals surface area (Å²) in [7, 11) is 0. The zero-order valence-electron chi connectivity index (χ0n) is 13.4. The number of aryl methyl sites for hydroxylation is 2. The summed E-state index contributed by atoms with van der Waals surface area (Å²) >= 11 is 0. The summed E-state index contributed by atoms with van der Waals surface area (Å²) in [5.41, 5.74) is 2.68. The molecule has 0 saturated carbocycles. The van der Waals surface area contributed by atoms with E-state index >= 15 is 0 Å². The molecule has 0 atom stereocenters. The fraction of sp³-hybridized carbons (Fsp3) is 0.111. The predicted molar refractivity (Wildman–Crippen MR) is 94.3 cm³/mol. The van der Waals surface area contributed by atoms with E-state index < -0.39 is 0 Å². The number of H-pyrrole nitrogens is 2. The van der Waals surface area contributed by atoms with E-state index in [4.69, 9.17) is 0 Å². The second kappa shape index (κ2) is 6.56. The van der Waals surface area contributed by atoms with Crippen molar-refractivity contribution in [1.82, 2.24) is 25.1 Å². The number of aromatic nitrogens is 5. The molecule has 1 aromatic carbocycles. The lowest BCUT2D eigenvalue weighted by molar-refractivity contribution is 0.102. The highest BCUT2D eigenvalue weighted by atomic mass is 16.2. The molecule has 124 valence electrons. The van der Waals surface area contributed by atoms with Crippen LogP contribution in [-0.2, 0) is 12.8 Å². The minimum absolute atomic E-state index is 0.254. The average Bonchev–Trinajstić information content (AvgIpc) is 3.27. The van der Waals surface area contributed by atoms with E-state index in [-0.39, 0.29) is 11.9 Å². The number of carbonyl (C=O) groups excluding carboxylic acids is 1. The van der Waals surface area contributed by atoms with Gasteiger partial charge in [-0.1, -0.05) is 24.3 Å². The van der Waals surface area contributed by atoms with Gasteiger partial charge in [-0.15, -0.1) is 5.10 Å². The second-order valence-corrected chi connectivity index (χ2v) is 5.63.